The fourth-order valence-corrected chi connectivity index (χ4v) is 4.38. The molecule has 1 atom stereocenters. The number of ketones is 1. The van der Waals surface area contributed by atoms with E-state index in [0.29, 0.717) is 25.0 Å². The van der Waals surface area contributed by atoms with Crippen LogP contribution >= 0.6 is 0 Å². The van der Waals surface area contributed by atoms with Crippen LogP contribution in [0, 0.1) is 0 Å². The molecule has 33 heavy (non-hydrogen) atoms. The van der Waals surface area contributed by atoms with Gasteiger partial charge in [0.2, 0.25) is 0 Å². The lowest BCUT2D eigenvalue weighted by Gasteiger charge is -2.08. The maximum atomic E-state index is 11.8. The molecule has 198 valence electrons. The smallest absolute Gasteiger partial charge is 0.133 e. The van der Waals surface area contributed by atoms with Crippen molar-refractivity contribution in [2.24, 2.45) is 0 Å². The molecule has 3 N–H and O–H groups in total. The van der Waals surface area contributed by atoms with Crippen molar-refractivity contribution in [3.63, 3.8) is 0 Å². The Morgan fingerprint density at radius 3 is 1.45 bits per heavy atom. The summed E-state index contributed by atoms with van der Waals surface area (Å²) >= 11 is 0. The third kappa shape index (κ3) is 29.3. The quantitative estimate of drug-likeness (QED) is 0.102. The van der Waals surface area contributed by atoms with Crippen LogP contribution in [0.3, 0.4) is 0 Å². The molecule has 0 radical (unpaired) electrons. The van der Waals surface area contributed by atoms with Crippen LogP contribution in [-0.2, 0) is 4.79 Å². The van der Waals surface area contributed by atoms with Gasteiger partial charge in [0.05, 0.1) is 6.10 Å². The molecule has 0 fully saturated rings. The maximum absolute atomic E-state index is 11.8. The summed E-state index contributed by atoms with van der Waals surface area (Å²) in [5.74, 6) is 0.341. The predicted molar refractivity (Wildman–Crippen MR) is 146 cm³/mol. The number of rotatable bonds is 26. The molecule has 0 bridgehead atoms. The normalized spacial score (nSPS) is 12.2. The molecule has 0 saturated carbocycles. The van der Waals surface area contributed by atoms with E-state index in [2.05, 4.69) is 26.0 Å². The lowest BCUT2D eigenvalue weighted by molar-refractivity contribution is -0.119. The lowest BCUT2D eigenvalue weighted by atomic mass is 10.0. The van der Waals surface area contributed by atoms with Gasteiger partial charge < -0.3 is 10.6 Å². The minimum absolute atomic E-state index is 0. The molecule has 0 heterocycles. The molecule has 0 spiro atoms. The molecular formula is C30H60O3. The van der Waals surface area contributed by atoms with Gasteiger partial charge in [0.15, 0.2) is 0 Å². The van der Waals surface area contributed by atoms with Crippen LogP contribution in [0.15, 0.2) is 12.2 Å². The van der Waals surface area contributed by atoms with Gasteiger partial charge in [0, 0.05) is 12.8 Å². The average molecular weight is 469 g/mol. The number of unbranched alkanes of at least 4 members (excludes halogenated alkanes) is 17. The lowest BCUT2D eigenvalue weighted by Crippen LogP contribution is -2.09. The summed E-state index contributed by atoms with van der Waals surface area (Å²) in [5, 5.41) is 9.69. The fraction of sp³-hybridized carbons (Fsp3) is 0.900. The van der Waals surface area contributed by atoms with E-state index in [1.807, 2.05) is 0 Å². The van der Waals surface area contributed by atoms with Gasteiger partial charge in [-0.25, -0.2) is 0 Å². The van der Waals surface area contributed by atoms with E-state index in [-0.39, 0.29) is 11.6 Å². The zero-order valence-electron chi connectivity index (χ0n) is 22.6. The van der Waals surface area contributed by atoms with Crippen LogP contribution in [-0.4, -0.2) is 22.5 Å². The topological polar surface area (TPSA) is 68.8 Å². The van der Waals surface area contributed by atoms with E-state index in [9.17, 15) is 9.90 Å². The summed E-state index contributed by atoms with van der Waals surface area (Å²) in [6.45, 7) is 4.35. The summed E-state index contributed by atoms with van der Waals surface area (Å²) in [7, 11) is 0. The number of aliphatic hydroxyl groups is 1. The predicted octanol–water partition coefficient (Wildman–Crippen LogP) is 9.05. The summed E-state index contributed by atoms with van der Waals surface area (Å²) in [5.41, 5.74) is 0. The van der Waals surface area contributed by atoms with E-state index in [4.69, 9.17) is 0 Å². The molecular weight excluding hydrogens is 408 g/mol. The summed E-state index contributed by atoms with van der Waals surface area (Å²) in [4.78, 5) is 11.8. The molecule has 3 heteroatoms. The van der Waals surface area contributed by atoms with E-state index in [1.54, 1.807) is 0 Å². The molecule has 0 aromatic rings. The SMILES string of the molecule is CCCCCCCC/C=C\CCCCCCCCCCCCCC(=O)CCC(O)CCC.O. The van der Waals surface area contributed by atoms with Gasteiger partial charge in [-0.3, -0.25) is 4.79 Å². The number of Topliss-reactive ketones (excluding diaryl/α,β-unsaturated/α-hetero) is 1. The molecule has 0 amide bonds. The molecule has 0 aliphatic rings. The van der Waals surface area contributed by atoms with Crippen molar-refractivity contribution >= 4 is 5.78 Å². The van der Waals surface area contributed by atoms with Crippen LogP contribution in [0.25, 0.3) is 0 Å². The molecule has 3 nitrogen and oxygen atoms in total. The van der Waals surface area contributed by atoms with Gasteiger partial charge >= 0.3 is 0 Å². The van der Waals surface area contributed by atoms with E-state index in [0.717, 1.165) is 19.3 Å². The van der Waals surface area contributed by atoms with Gasteiger partial charge in [0.25, 0.3) is 0 Å². The molecule has 0 rings (SSSR count). The van der Waals surface area contributed by atoms with Crippen LogP contribution in [0.2, 0.25) is 0 Å². The minimum Gasteiger partial charge on any atom is -0.412 e. The van der Waals surface area contributed by atoms with Crippen molar-refractivity contribution in [3.05, 3.63) is 12.2 Å². The third-order valence-corrected chi connectivity index (χ3v) is 6.60. The van der Waals surface area contributed by atoms with Crippen molar-refractivity contribution in [1.82, 2.24) is 0 Å². The van der Waals surface area contributed by atoms with Crippen LogP contribution in [0.1, 0.15) is 168 Å². The van der Waals surface area contributed by atoms with Crippen molar-refractivity contribution in [1.29, 1.82) is 0 Å². The Bertz CT molecular complexity index is 405. The molecule has 0 aliphatic carbocycles. The second-order valence-electron chi connectivity index (χ2n) is 9.98. The monoisotopic (exact) mass is 468 g/mol. The van der Waals surface area contributed by atoms with Gasteiger partial charge in [-0.2, -0.15) is 0 Å². The zero-order valence-corrected chi connectivity index (χ0v) is 22.6. The Balaban J connectivity index is 0. The molecule has 0 saturated heterocycles. The highest BCUT2D eigenvalue weighted by atomic mass is 16.3. The van der Waals surface area contributed by atoms with Crippen molar-refractivity contribution in [2.45, 2.75) is 174 Å². The Kier molecular flexibility index (Phi) is 30.7. The number of carbonyl (C=O) groups excluding carboxylic acids is 1. The Morgan fingerprint density at radius 1 is 0.576 bits per heavy atom. The summed E-state index contributed by atoms with van der Waals surface area (Å²) in [6.07, 6.45) is 33.8. The molecule has 0 aromatic heterocycles. The van der Waals surface area contributed by atoms with Gasteiger partial charge in [-0.05, 0) is 44.9 Å². The van der Waals surface area contributed by atoms with Gasteiger partial charge in [0.1, 0.15) is 5.78 Å². The fourth-order valence-electron chi connectivity index (χ4n) is 4.38. The summed E-state index contributed by atoms with van der Waals surface area (Å²) in [6, 6.07) is 0. The van der Waals surface area contributed by atoms with Gasteiger partial charge in [-0.1, -0.05) is 122 Å². The Morgan fingerprint density at radius 2 is 1.00 bits per heavy atom. The van der Waals surface area contributed by atoms with Crippen LogP contribution in [0.5, 0.6) is 0 Å². The second-order valence-corrected chi connectivity index (χ2v) is 9.98. The minimum atomic E-state index is -0.277. The second kappa shape index (κ2) is 29.4. The number of aliphatic hydroxyl groups excluding tert-OH is 1. The van der Waals surface area contributed by atoms with Crippen LogP contribution in [0.4, 0.5) is 0 Å². The largest absolute Gasteiger partial charge is 0.412 e. The van der Waals surface area contributed by atoms with E-state index < -0.39 is 0 Å². The van der Waals surface area contributed by atoms with Crippen molar-refractivity contribution in [2.75, 3.05) is 0 Å². The van der Waals surface area contributed by atoms with E-state index >= 15 is 0 Å². The van der Waals surface area contributed by atoms with Crippen LogP contribution < -0.4 is 0 Å². The Labute approximate surface area is 207 Å². The first-order chi connectivity index (χ1) is 15.7. The van der Waals surface area contributed by atoms with Crippen molar-refractivity contribution in [3.8, 4) is 0 Å². The Hall–Kier alpha value is -0.670. The number of hydrogen-bond donors (Lipinski definition) is 1. The first-order valence-electron chi connectivity index (χ1n) is 14.5. The standard InChI is InChI=1S/C30H58O2.H2O/c1-3-5-6-7-8-9-10-11-12-13-14-15-16-17-18-19-20-21-22-23-24-26-30(32)28-27-29(31)25-4-2;/h11-12,29,31H,3-10,13-28H2,1-2H3;1H2/b12-11-;. The third-order valence-electron chi connectivity index (χ3n) is 6.60. The zero-order chi connectivity index (χ0) is 23.5. The molecule has 1 unspecified atom stereocenters. The molecule has 0 aromatic carbocycles. The molecule has 0 aliphatic heterocycles. The number of carbonyl (C=O) groups is 1. The number of allylic oxidation sites excluding steroid dienone is 2. The van der Waals surface area contributed by atoms with Gasteiger partial charge in [-0.15, -0.1) is 0 Å². The number of hydrogen-bond acceptors (Lipinski definition) is 2. The first-order valence-corrected chi connectivity index (χ1v) is 14.5. The first kappa shape index (κ1) is 34.5. The van der Waals surface area contributed by atoms with Crippen molar-refractivity contribution < 1.29 is 15.4 Å². The highest BCUT2D eigenvalue weighted by Gasteiger charge is 2.07. The maximum Gasteiger partial charge on any atom is 0.133 e. The van der Waals surface area contributed by atoms with E-state index in [1.165, 1.54) is 116 Å². The highest BCUT2D eigenvalue weighted by molar-refractivity contribution is 5.78. The highest BCUT2D eigenvalue weighted by Crippen LogP contribution is 2.14. The average Bonchev–Trinajstić information content (AvgIpc) is 2.79. The summed E-state index contributed by atoms with van der Waals surface area (Å²) < 4.78 is 0.